The normalized spacial score (nSPS) is 34.0. The van der Waals surface area contributed by atoms with Crippen LogP contribution in [0.1, 0.15) is 81.4 Å². The fraction of sp³-hybridized carbons (Fsp3) is 0.704. The van der Waals surface area contributed by atoms with E-state index in [4.69, 9.17) is 9.47 Å². The van der Waals surface area contributed by atoms with Crippen LogP contribution in [0.4, 0.5) is 4.79 Å². The smallest absolute Gasteiger partial charge is 0.410 e. The molecule has 0 aromatic heterocycles. The van der Waals surface area contributed by atoms with E-state index in [1.165, 1.54) is 11.1 Å². The van der Waals surface area contributed by atoms with E-state index in [9.17, 15) is 9.59 Å². The van der Waals surface area contributed by atoms with Crippen LogP contribution in [0, 0.1) is 24.2 Å². The topological polar surface area (TPSA) is 55.8 Å². The van der Waals surface area contributed by atoms with Crippen LogP contribution >= 0.6 is 0 Å². The highest BCUT2D eigenvalue weighted by molar-refractivity contribution is 5.87. The average molecular weight is 440 g/mol. The summed E-state index contributed by atoms with van der Waals surface area (Å²) >= 11 is 0. The molecule has 174 valence electrons. The van der Waals surface area contributed by atoms with Gasteiger partial charge in [-0.25, -0.2) is 4.79 Å². The number of fused-ring (bicyclic) bond motifs is 5. The Morgan fingerprint density at radius 3 is 2.91 bits per heavy atom. The molecule has 0 spiro atoms. The van der Waals surface area contributed by atoms with Crippen LogP contribution in [0.3, 0.4) is 0 Å². The molecule has 5 rings (SSSR count). The van der Waals surface area contributed by atoms with Gasteiger partial charge in [-0.2, -0.15) is 0 Å². The van der Waals surface area contributed by atoms with Crippen molar-refractivity contribution in [3.05, 3.63) is 28.8 Å². The first-order valence-corrected chi connectivity index (χ1v) is 12.6. The lowest BCUT2D eigenvalue weighted by Crippen LogP contribution is -2.49. The highest BCUT2D eigenvalue weighted by Crippen LogP contribution is 2.59. The van der Waals surface area contributed by atoms with Crippen molar-refractivity contribution in [3.8, 4) is 5.75 Å². The molecule has 32 heavy (non-hydrogen) atoms. The van der Waals surface area contributed by atoms with Gasteiger partial charge in [0.15, 0.2) is 0 Å². The summed E-state index contributed by atoms with van der Waals surface area (Å²) in [6.07, 6.45) is 7.81. The second-order valence-electron chi connectivity index (χ2n) is 10.7. The van der Waals surface area contributed by atoms with Gasteiger partial charge < -0.3 is 14.4 Å². The number of carbonyl (C=O) groups is 2. The SMILES string of the molecule is CCCC1COCCN1C(=O)Oc1cc2c(cc1C)C1CCC3(C)C(=O)CCC3C1CC2. The fourth-order valence-corrected chi connectivity index (χ4v) is 7.21. The molecule has 0 radical (unpaired) electrons. The van der Waals surface area contributed by atoms with Gasteiger partial charge >= 0.3 is 6.09 Å². The maximum atomic E-state index is 13.0. The number of aryl methyl sites for hydroxylation is 2. The van der Waals surface area contributed by atoms with Gasteiger partial charge in [0.2, 0.25) is 0 Å². The second kappa shape index (κ2) is 8.48. The third kappa shape index (κ3) is 3.57. The number of ether oxygens (including phenoxy) is 2. The van der Waals surface area contributed by atoms with Crippen molar-refractivity contribution in [1.29, 1.82) is 0 Å². The zero-order valence-corrected chi connectivity index (χ0v) is 19.8. The number of hydrogen-bond acceptors (Lipinski definition) is 4. The Labute approximate surface area is 191 Å². The number of carbonyl (C=O) groups excluding carboxylic acids is 2. The second-order valence-corrected chi connectivity index (χ2v) is 10.7. The Morgan fingerprint density at radius 2 is 2.09 bits per heavy atom. The number of nitrogens with zero attached hydrogens (tertiary/aromatic N) is 1. The number of morpholine rings is 1. The Bertz CT molecular complexity index is 909. The van der Waals surface area contributed by atoms with Gasteiger partial charge in [0.1, 0.15) is 11.5 Å². The van der Waals surface area contributed by atoms with Crippen LogP contribution in [0.25, 0.3) is 0 Å². The van der Waals surface area contributed by atoms with Gasteiger partial charge in [-0.05, 0) is 86.0 Å². The van der Waals surface area contributed by atoms with E-state index >= 15 is 0 Å². The third-order valence-corrected chi connectivity index (χ3v) is 9.01. The van der Waals surface area contributed by atoms with Gasteiger partial charge in [-0.15, -0.1) is 0 Å². The summed E-state index contributed by atoms with van der Waals surface area (Å²) in [7, 11) is 0. The Morgan fingerprint density at radius 1 is 1.25 bits per heavy atom. The first kappa shape index (κ1) is 21.9. The van der Waals surface area contributed by atoms with E-state index in [1.54, 1.807) is 0 Å². The predicted octanol–water partition coefficient (Wildman–Crippen LogP) is 5.42. The zero-order valence-electron chi connectivity index (χ0n) is 19.8. The van der Waals surface area contributed by atoms with Crippen molar-refractivity contribution in [2.75, 3.05) is 19.8 Å². The molecule has 5 unspecified atom stereocenters. The van der Waals surface area contributed by atoms with Crippen LogP contribution in [0.2, 0.25) is 0 Å². The summed E-state index contributed by atoms with van der Waals surface area (Å²) in [5.41, 5.74) is 3.72. The molecule has 1 aliphatic heterocycles. The van der Waals surface area contributed by atoms with Crippen molar-refractivity contribution in [2.45, 2.75) is 84.1 Å². The maximum absolute atomic E-state index is 13.0. The molecule has 5 atom stereocenters. The molecular formula is C27H37NO4. The predicted molar refractivity (Wildman–Crippen MR) is 123 cm³/mol. The van der Waals surface area contributed by atoms with E-state index in [0.717, 1.165) is 56.9 Å². The molecule has 3 fully saturated rings. The maximum Gasteiger partial charge on any atom is 0.415 e. The van der Waals surface area contributed by atoms with Crippen molar-refractivity contribution >= 4 is 11.9 Å². The number of ketones is 1. The first-order chi connectivity index (χ1) is 15.4. The Kier molecular flexibility index (Phi) is 5.81. The van der Waals surface area contributed by atoms with Gasteiger partial charge in [0.25, 0.3) is 0 Å². The molecular weight excluding hydrogens is 402 g/mol. The number of hydrogen-bond donors (Lipinski definition) is 0. The molecule has 3 aliphatic carbocycles. The largest absolute Gasteiger partial charge is 0.415 e. The van der Waals surface area contributed by atoms with E-state index in [-0.39, 0.29) is 17.6 Å². The van der Waals surface area contributed by atoms with Crippen LogP contribution in [-0.4, -0.2) is 42.6 Å². The lowest BCUT2D eigenvalue weighted by molar-refractivity contribution is -0.129. The summed E-state index contributed by atoms with van der Waals surface area (Å²) in [4.78, 5) is 27.4. The lowest BCUT2D eigenvalue weighted by atomic mass is 9.55. The van der Waals surface area contributed by atoms with Crippen LogP contribution in [0.5, 0.6) is 5.75 Å². The molecule has 4 aliphatic rings. The highest BCUT2D eigenvalue weighted by atomic mass is 16.6. The monoisotopic (exact) mass is 439 g/mol. The van der Waals surface area contributed by atoms with Crippen molar-refractivity contribution in [1.82, 2.24) is 4.90 Å². The molecule has 1 heterocycles. The Balaban J connectivity index is 1.35. The van der Waals surface area contributed by atoms with Crippen molar-refractivity contribution in [2.24, 2.45) is 17.3 Å². The first-order valence-electron chi connectivity index (χ1n) is 12.6. The molecule has 1 aromatic rings. The molecule has 2 saturated carbocycles. The summed E-state index contributed by atoms with van der Waals surface area (Å²) in [6.45, 7) is 8.18. The summed E-state index contributed by atoms with van der Waals surface area (Å²) in [5.74, 6) is 2.89. The molecule has 0 bridgehead atoms. The molecule has 1 amide bonds. The zero-order chi connectivity index (χ0) is 22.5. The summed E-state index contributed by atoms with van der Waals surface area (Å²) in [6, 6.07) is 4.50. The third-order valence-electron chi connectivity index (χ3n) is 9.01. The van der Waals surface area contributed by atoms with E-state index < -0.39 is 0 Å². The van der Waals surface area contributed by atoms with Crippen molar-refractivity contribution in [3.63, 3.8) is 0 Å². The summed E-state index contributed by atoms with van der Waals surface area (Å²) in [5, 5.41) is 0. The molecule has 0 N–H and O–H groups in total. The molecule has 5 nitrogen and oxygen atoms in total. The summed E-state index contributed by atoms with van der Waals surface area (Å²) < 4.78 is 11.5. The van der Waals surface area contributed by atoms with E-state index in [0.29, 0.717) is 49.0 Å². The number of benzene rings is 1. The van der Waals surface area contributed by atoms with E-state index in [1.807, 2.05) is 4.90 Å². The Hall–Kier alpha value is -1.88. The van der Waals surface area contributed by atoms with Crippen LogP contribution < -0.4 is 4.74 Å². The number of Topliss-reactive ketones (excluding diaryl/α,β-unsaturated/α-hetero) is 1. The van der Waals surface area contributed by atoms with Crippen LogP contribution in [0.15, 0.2) is 12.1 Å². The number of rotatable bonds is 3. The molecule has 5 heteroatoms. The van der Waals surface area contributed by atoms with Gasteiger partial charge in [0.05, 0.1) is 19.3 Å². The molecule has 1 aromatic carbocycles. The fourth-order valence-electron chi connectivity index (χ4n) is 7.21. The van der Waals surface area contributed by atoms with Crippen molar-refractivity contribution < 1.29 is 19.1 Å². The number of amides is 1. The van der Waals surface area contributed by atoms with Crippen LogP contribution in [-0.2, 0) is 16.0 Å². The quantitative estimate of drug-likeness (QED) is 0.631. The molecule has 1 saturated heterocycles. The minimum absolute atomic E-state index is 0.0869. The highest BCUT2D eigenvalue weighted by Gasteiger charge is 2.54. The van der Waals surface area contributed by atoms with Gasteiger partial charge in [0, 0.05) is 18.4 Å². The average Bonchev–Trinajstić information content (AvgIpc) is 3.09. The van der Waals surface area contributed by atoms with Gasteiger partial charge in [-0.3, -0.25) is 4.79 Å². The standard InChI is InChI=1S/C27H37NO4/c1-4-5-19-16-31-13-12-28(19)26(30)32-24-15-18-6-7-21-20(22(18)14-17(24)2)10-11-27(3)23(21)8-9-25(27)29/h14-15,19-21,23H,4-13,16H2,1-3H3. The lowest BCUT2D eigenvalue weighted by Gasteiger charge is -2.48. The van der Waals surface area contributed by atoms with E-state index in [2.05, 4.69) is 32.9 Å². The minimum atomic E-state index is -0.249. The minimum Gasteiger partial charge on any atom is -0.410 e. The van der Waals surface area contributed by atoms with Gasteiger partial charge in [-0.1, -0.05) is 26.3 Å².